The highest BCUT2D eigenvalue weighted by molar-refractivity contribution is 5.93. The zero-order valence-corrected chi connectivity index (χ0v) is 16.9. The number of nitrogens with zero attached hydrogens (tertiary/aromatic N) is 5. The number of carbonyl (C=O) groups is 1. The average molecular weight is 386 g/mol. The molecule has 4 rings (SSSR count). The standard InChI is InChI=1S/C20H27N7O.2H2/c1-12(2)14-9-16(25-26-17(14)18(28)21-4)23-15-8-13(3)22-19(24-15)27-10-20(11-27)6-5-7-20;;/h8-9,12H,5-7,10-11H2,1-4H3,(H,21,28)(H,22,23,24,25);2*1H. The third kappa shape index (κ3) is 3.39. The number of aryl methyl sites for hydroxylation is 1. The second-order valence-electron chi connectivity index (χ2n) is 8.30. The summed E-state index contributed by atoms with van der Waals surface area (Å²) in [4.78, 5) is 23.6. The molecule has 2 N–H and O–H groups in total. The van der Waals surface area contributed by atoms with Gasteiger partial charge in [-0.2, -0.15) is 4.98 Å². The van der Waals surface area contributed by atoms with Crippen LogP contribution in [0.2, 0.25) is 0 Å². The molecule has 28 heavy (non-hydrogen) atoms. The van der Waals surface area contributed by atoms with Crippen LogP contribution in [0.15, 0.2) is 12.1 Å². The van der Waals surface area contributed by atoms with Crippen LogP contribution in [0, 0.1) is 12.3 Å². The van der Waals surface area contributed by atoms with Crippen LogP contribution in [-0.2, 0) is 0 Å². The molecule has 2 fully saturated rings. The molecular formula is C20H31N7O. The van der Waals surface area contributed by atoms with Crippen molar-refractivity contribution >= 4 is 23.5 Å². The fraction of sp³-hybridized carbons (Fsp3) is 0.550. The molecule has 0 aromatic carbocycles. The van der Waals surface area contributed by atoms with Crippen LogP contribution in [0.1, 0.15) is 63.6 Å². The molecule has 0 unspecified atom stereocenters. The predicted octanol–water partition coefficient (Wildman–Crippen LogP) is 3.28. The maximum Gasteiger partial charge on any atom is 0.271 e. The lowest BCUT2D eigenvalue weighted by Gasteiger charge is -2.55. The van der Waals surface area contributed by atoms with Crippen molar-refractivity contribution in [2.75, 3.05) is 30.4 Å². The Bertz CT molecular complexity index is 910. The van der Waals surface area contributed by atoms with Crippen LogP contribution in [-0.4, -0.2) is 46.2 Å². The minimum Gasteiger partial charge on any atom is -0.354 e. The Kier molecular flexibility index (Phi) is 4.64. The third-order valence-corrected chi connectivity index (χ3v) is 5.74. The highest BCUT2D eigenvalue weighted by atomic mass is 16.1. The van der Waals surface area contributed by atoms with Crippen molar-refractivity contribution < 1.29 is 7.65 Å². The van der Waals surface area contributed by atoms with Crippen LogP contribution < -0.4 is 15.5 Å². The van der Waals surface area contributed by atoms with Crippen LogP contribution in [0.3, 0.4) is 0 Å². The first-order valence-corrected chi connectivity index (χ1v) is 9.86. The Hall–Kier alpha value is -2.77. The third-order valence-electron chi connectivity index (χ3n) is 5.74. The van der Waals surface area contributed by atoms with Crippen LogP contribution in [0.5, 0.6) is 0 Å². The largest absolute Gasteiger partial charge is 0.354 e. The predicted molar refractivity (Wildman–Crippen MR) is 112 cm³/mol. The summed E-state index contributed by atoms with van der Waals surface area (Å²) < 4.78 is 0. The molecule has 152 valence electrons. The first-order chi connectivity index (χ1) is 13.4. The van der Waals surface area contributed by atoms with Gasteiger partial charge in [-0.1, -0.05) is 20.3 Å². The Morgan fingerprint density at radius 2 is 1.93 bits per heavy atom. The molecule has 0 bridgehead atoms. The van der Waals surface area contributed by atoms with E-state index in [-0.39, 0.29) is 14.7 Å². The molecule has 1 aliphatic heterocycles. The van der Waals surface area contributed by atoms with Crippen LogP contribution >= 0.6 is 0 Å². The molecule has 2 aromatic heterocycles. The molecule has 2 aliphatic rings. The number of amides is 1. The van der Waals surface area contributed by atoms with E-state index in [4.69, 9.17) is 0 Å². The molecule has 3 heterocycles. The topological polar surface area (TPSA) is 95.9 Å². The molecule has 1 saturated heterocycles. The van der Waals surface area contributed by atoms with Crippen molar-refractivity contribution in [1.29, 1.82) is 0 Å². The second kappa shape index (κ2) is 7.00. The summed E-state index contributed by atoms with van der Waals surface area (Å²) in [5.74, 6) is 1.93. The van der Waals surface area contributed by atoms with Crippen molar-refractivity contribution in [3.05, 3.63) is 29.1 Å². The van der Waals surface area contributed by atoms with E-state index in [9.17, 15) is 4.79 Å². The monoisotopic (exact) mass is 385 g/mol. The maximum absolute atomic E-state index is 12.0. The fourth-order valence-corrected chi connectivity index (χ4v) is 3.99. The quantitative estimate of drug-likeness (QED) is 0.815. The normalized spacial score (nSPS) is 17.2. The van der Waals surface area contributed by atoms with Gasteiger partial charge in [-0.15, -0.1) is 10.2 Å². The van der Waals surface area contributed by atoms with E-state index in [1.807, 2.05) is 32.9 Å². The van der Waals surface area contributed by atoms with Gasteiger partial charge >= 0.3 is 0 Å². The molecular weight excluding hydrogens is 354 g/mol. The van der Waals surface area contributed by atoms with E-state index >= 15 is 0 Å². The minimum atomic E-state index is -0.231. The summed E-state index contributed by atoms with van der Waals surface area (Å²) >= 11 is 0. The number of hydrogen-bond donors (Lipinski definition) is 2. The minimum absolute atomic E-state index is 0. The molecule has 1 aliphatic carbocycles. The Labute approximate surface area is 168 Å². The van der Waals surface area contributed by atoms with Crippen molar-refractivity contribution in [2.45, 2.75) is 46.0 Å². The summed E-state index contributed by atoms with van der Waals surface area (Å²) in [5.41, 5.74) is 2.63. The molecule has 1 saturated carbocycles. The number of rotatable bonds is 5. The van der Waals surface area contributed by atoms with Crippen molar-refractivity contribution in [3.63, 3.8) is 0 Å². The second-order valence-corrected chi connectivity index (χ2v) is 8.30. The van der Waals surface area contributed by atoms with Crippen LogP contribution in [0.4, 0.5) is 17.6 Å². The van der Waals surface area contributed by atoms with Gasteiger partial charge in [0.2, 0.25) is 5.95 Å². The molecule has 1 amide bonds. The number of aromatic nitrogens is 4. The smallest absolute Gasteiger partial charge is 0.271 e. The van der Waals surface area contributed by atoms with Gasteiger partial charge < -0.3 is 15.5 Å². The summed E-state index contributed by atoms with van der Waals surface area (Å²) in [7, 11) is 1.59. The van der Waals surface area contributed by atoms with E-state index in [1.165, 1.54) is 19.3 Å². The van der Waals surface area contributed by atoms with Gasteiger partial charge in [-0.25, -0.2) is 4.98 Å². The van der Waals surface area contributed by atoms with E-state index < -0.39 is 0 Å². The van der Waals surface area contributed by atoms with Gasteiger partial charge in [-0.3, -0.25) is 4.79 Å². The van der Waals surface area contributed by atoms with Crippen molar-refractivity contribution in [1.82, 2.24) is 25.5 Å². The Morgan fingerprint density at radius 1 is 1.18 bits per heavy atom. The van der Waals surface area contributed by atoms with Gasteiger partial charge in [0.15, 0.2) is 11.5 Å². The molecule has 0 atom stereocenters. The maximum atomic E-state index is 12.0. The van der Waals surface area contributed by atoms with Crippen molar-refractivity contribution in [3.8, 4) is 0 Å². The van der Waals surface area contributed by atoms with Gasteiger partial charge in [0, 0.05) is 40.2 Å². The lowest BCUT2D eigenvalue weighted by Crippen LogP contribution is -2.60. The molecule has 8 heteroatoms. The summed E-state index contributed by atoms with van der Waals surface area (Å²) in [6.07, 6.45) is 4.00. The Morgan fingerprint density at radius 3 is 2.54 bits per heavy atom. The summed E-state index contributed by atoms with van der Waals surface area (Å²) in [5, 5.41) is 14.2. The van der Waals surface area contributed by atoms with E-state index in [1.54, 1.807) is 7.05 Å². The van der Waals surface area contributed by atoms with Gasteiger partial charge in [0.25, 0.3) is 5.91 Å². The summed E-state index contributed by atoms with van der Waals surface area (Å²) in [6.45, 7) is 8.12. The zero-order valence-electron chi connectivity index (χ0n) is 16.9. The van der Waals surface area contributed by atoms with Crippen LogP contribution in [0.25, 0.3) is 0 Å². The number of hydrogen-bond acceptors (Lipinski definition) is 7. The fourth-order valence-electron chi connectivity index (χ4n) is 3.99. The number of nitrogens with one attached hydrogen (secondary N) is 2. The Balaban J connectivity index is 0.00000160. The lowest BCUT2D eigenvalue weighted by molar-refractivity contribution is 0.0888. The lowest BCUT2D eigenvalue weighted by atomic mass is 9.64. The van der Waals surface area contributed by atoms with E-state index in [0.717, 1.165) is 30.3 Å². The van der Waals surface area contributed by atoms with Crippen molar-refractivity contribution in [2.24, 2.45) is 5.41 Å². The zero-order chi connectivity index (χ0) is 19.9. The van der Waals surface area contributed by atoms with Gasteiger partial charge in [0.1, 0.15) is 5.82 Å². The summed E-state index contributed by atoms with van der Waals surface area (Å²) in [6, 6.07) is 3.76. The SMILES string of the molecule is CNC(=O)c1nnc(Nc2cc(C)nc(N3CC4(CCC4)C3)n2)cc1C(C)C.[HH].[HH]. The molecule has 0 radical (unpaired) electrons. The van der Waals surface area contributed by atoms with Gasteiger partial charge in [0.05, 0.1) is 0 Å². The molecule has 8 nitrogen and oxygen atoms in total. The van der Waals surface area contributed by atoms with E-state index in [2.05, 4.69) is 35.7 Å². The highest BCUT2D eigenvalue weighted by Crippen LogP contribution is 2.48. The number of anilines is 3. The first-order valence-electron chi connectivity index (χ1n) is 9.86. The van der Waals surface area contributed by atoms with Gasteiger partial charge in [-0.05, 0) is 37.3 Å². The first kappa shape index (κ1) is 18.6. The number of carbonyl (C=O) groups excluding carboxylic acids is 1. The highest BCUT2D eigenvalue weighted by Gasteiger charge is 2.48. The molecule has 1 spiro atoms. The van der Waals surface area contributed by atoms with E-state index in [0.29, 0.717) is 22.7 Å². The molecule has 2 aromatic rings. The average Bonchev–Trinajstić information content (AvgIpc) is 2.58.